The Morgan fingerprint density at radius 1 is 1.29 bits per heavy atom. The van der Waals surface area contributed by atoms with Crippen molar-refractivity contribution in [1.82, 2.24) is 0 Å². The topological polar surface area (TPSA) is 66.8 Å². The molecular formula is C17H20O4. The first-order valence-electron chi connectivity index (χ1n) is 7.18. The van der Waals surface area contributed by atoms with Gasteiger partial charge >= 0.3 is 5.97 Å². The summed E-state index contributed by atoms with van der Waals surface area (Å²) in [5.41, 5.74) is 0.252. The number of unbranched alkanes of at least 4 members (excludes halogenated alkanes) is 1. The number of hydrogen-bond donors (Lipinski definition) is 2. The number of hydrogen-bond acceptors (Lipinski definition) is 3. The van der Waals surface area contributed by atoms with Gasteiger partial charge in [-0.05, 0) is 36.1 Å². The molecule has 21 heavy (non-hydrogen) atoms. The van der Waals surface area contributed by atoms with E-state index in [1.54, 1.807) is 18.2 Å². The zero-order valence-corrected chi connectivity index (χ0v) is 12.1. The highest BCUT2D eigenvalue weighted by Crippen LogP contribution is 2.26. The first kappa shape index (κ1) is 15.3. The van der Waals surface area contributed by atoms with E-state index in [1.165, 1.54) is 0 Å². The summed E-state index contributed by atoms with van der Waals surface area (Å²) in [6, 6.07) is 10.4. The molecule has 0 radical (unpaired) electrons. The zero-order valence-electron chi connectivity index (χ0n) is 12.1. The molecule has 0 aliphatic rings. The third kappa shape index (κ3) is 3.95. The molecule has 4 nitrogen and oxygen atoms in total. The Balaban J connectivity index is 2.15. The minimum absolute atomic E-state index is 0.250. The lowest BCUT2D eigenvalue weighted by molar-refractivity contribution is 0.0697. The Morgan fingerprint density at radius 2 is 2.10 bits per heavy atom. The highest BCUT2D eigenvalue weighted by molar-refractivity contribution is 5.96. The number of rotatable bonds is 7. The number of ether oxygens (including phenoxy) is 1. The molecule has 0 aliphatic heterocycles. The second-order valence-corrected chi connectivity index (χ2v) is 5.10. The molecule has 2 aromatic rings. The maximum atomic E-state index is 11.0. The van der Waals surface area contributed by atoms with Crippen molar-refractivity contribution < 1.29 is 19.7 Å². The van der Waals surface area contributed by atoms with Crippen molar-refractivity contribution in [3.63, 3.8) is 0 Å². The van der Waals surface area contributed by atoms with Gasteiger partial charge in [-0.2, -0.15) is 0 Å². The van der Waals surface area contributed by atoms with Crippen LogP contribution in [0.1, 0.15) is 36.5 Å². The van der Waals surface area contributed by atoms with Crippen LogP contribution in [0.25, 0.3) is 10.8 Å². The molecule has 0 bridgehead atoms. The lowest BCUT2D eigenvalue weighted by Gasteiger charge is -2.13. The average Bonchev–Trinajstić information content (AvgIpc) is 2.50. The molecule has 1 atom stereocenters. The highest BCUT2D eigenvalue weighted by atomic mass is 16.5. The van der Waals surface area contributed by atoms with Crippen LogP contribution in [0.5, 0.6) is 5.75 Å². The number of carboxylic acid groups (broad SMARTS) is 1. The molecule has 4 heteroatoms. The normalized spacial score (nSPS) is 12.3. The summed E-state index contributed by atoms with van der Waals surface area (Å²) in [5.74, 6) is -0.279. The summed E-state index contributed by atoms with van der Waals surface area (Å²) < 4.78 is 5.68. The minimum atomic E-state index is -0.946. The van der Waals surface area contributed by atoms with E-state index in [0.717, 1.165) is 30.0 Å². The van der Waals surface area contributed by atoms with Crippen molar-refractivity contribution in [3.05, 3.63) is 42.0 Å². The summed E-state index contributed by atoms with van der Waals surface area (Å²) in [4.78, 5) is 11.0. The Kier molecular flexibility index (Phi) is 5.17. The number of aromatic carboxylic acids is 1. The van der Waals surface area contributed by atoms with E-state index in [-0.39, 0.29) is 12.2 Å². The monoisotopic (exact) mass is 288 g/mol. The third-order valence-corrected chi connectivity index (χ3v) is 3.41. The van der Waals surface area contributed by atoms with Crippen LogP contribution in [0.3, 0.4) is 0 Å². The molecule has 0 saturated carbocycles. The molecule has 1 unspecified atom stereocenters. The molecular weight excluding hydrogens is 268 g/mol. The Hall–Kier alpha value is -2.07. The van der Waals surface area contributed by atoms with Crippen molar-refractivity contribution in [3.8, 4) is 5.75 Å². The minimum Gasteiger partial charge on any atom is -0.490 e. The first-order valence-corrected chi connectivity index (χ1v) is 7.18. The number of aliphatic hydroxyl groups is 1. The van der Waals surface area contributed by atoms with E-state index in [2.05, 4.69) is 6.92 Å². The van der Waals surface area contributed by atoms with Gasteiger partial charge in [-0.25, -0.2) is 4.79 Å². The lowest BCUT2D eigenvalue weighted by atomic mass is 10.1. The highest BCUT2D eigenvalue weighted by Gasteiger charge is 2.09. The van der Waals surface area contributed by atoms with Crippen LogP contribution in [0.2, 0.25) is 0 Å². The Bertz CT molecular complexity index is 621. The largest absolute Gasteiger partial charge is 0.490 e. The molecule has 2 aromatic carbocycles. The molecule has 2 N–H and O–H groups in total. The van der Waals surface area contributed by atoms with E-state index in [0.29, 0.717) is 5.75 Å². The fraction of sp³-hybridized carbons (Fsp3) is 0.353. The SMILES string of the molecule is CCCCC(O)COc1cccc2cc(C(=O)O)ccc12. The summed E-state index contributed by atoms with van der Waals surface area (Å²) in [5, 5.41) is 20.5. The standard InChI is InChI=1S/C17H20O4/c1-2-3-6-14(18)11-21-16-7-4-5-12-10-13(17(19)20)8-9-15(12)16/h4-5,7-10,14,18H,2-3,6,11H2,1H3,(H,19,20). The fourth-order valence-electron chi connectivity index (χ4n) is 2.22. The fourth-order valence-corrected chi connectivity index (χ4v) is 2.22. The van der Waals surface area contributed by atoms with Crippen molar-refractivity contribution in [2.24, 2.45) is 0 Å². The summed E-state index contributed by atoms with van der Waals surface area (Å²) in [6.45, 7) is 2.33. The molecule has 0 fully saturated rings. The molecule has 0 aromatic heterocycles. The quantitative estimate of drug-likeness (QED) is 0.818. The van der Waals surface area contributed by atoms with Gasteiger partial charge in [0.25, 0.3) is 0 Å². The molecule has 112 valence electrons. The van der Waals surface area contributed by atoms with E-state index in [9.17, 15) is 9.90 Å². The van der Waals surface area contributed by atoms with Gasteiger partial charge in [0, 0.05) is 5.39 Å². The molecule has 0 amide bonds. The number of carboxylic acids is 1. The molecule has 0 spiro atoms. The van der Waals surface area contributed by atoms with Crippen molar-refractivity contribution in [2.45, 2.75) is 32.3 Å². The lowest BCUT2D eigenvalue weighted by Crippen LogP contribution is -2.17. The number of benzene rings is 2. The Morgan fingerprint density at radius 3 is 2.81 bits per heavy atom. The zero-order chi connectivity index (χ0) is 15.2. The van der Waals surface area contributed by atoms with E-state index in [1.807, 2.05) is 18.2 Å². The van der Waals surface area contributed by atoms with Crippen LogP contribution in [0.15, 0.2) is 36.4 Å². The van der Waals surface area contributed by atoms with Crippen LogP contribution < -0.4 is 4.74 Å². The molecule has 0 heterocycles. The number of aliphatic hydroxyl groups excluding tert-OH is 1. The van der Waals surface area contributed by atoms with Crippen LogP contribution >= 0.6 is 0 Å². The number of carbonyl (C=O) groups is 1. The van der Waals surface area contributed by atoms with Gasteiger partial charge in [-0.1, -0.05) is 31.9 Å². The van der Waals surface area contributed by atoms with Gasteiger partial charge in [0.15, 0.2) is 0 Å². The maximum absolute atomic E-state index is 11.0. The summed E-state index contributed by atoms with van der Waals surface area (Å²) >= 11 is 0. The van der Waals surface area contributed by atoms with Gasteiger partial charge in [-0.15, -0.1) is 0 Å². The van der Waals surface area contributed by atoms with E-state index < -0.39 is 12.1 Å². The Labute approximate surface area is 124 Å². The first-order chi connectivity index (χ1) is 10.1. The van der Waals surface area contributed by atoms with Crippen LogP contribution in [0.4, 0.5) is 0 Å². The van der Waals surface area contributed by atoms with Crippen LogP contribution in [0, 0.1) is 0 Å². The predicted molar refractivity (Wildman–Crippen MR) is 81.9 cm³/mol. The van der Waals surface area contributed by atoms with Crippen molar-refractivity contribution in [1.29, 1.82) is 0 Å². The van der Waals surface area contributed by atoms with E-state index >= 15 is 0 Å². The maximum Gasteiger partial charge on any atom is 0.335 e. The summed E-state index contributed by atoms with van der Waals surface area (Å²) in [6.07, 6.45) is 2.27. The molecule has 0 saturated heterocycles. The van der Waals surface area contributed by atoms with Crippen molar-refractivity contribution in [2.75, 3.05) is 6.61 Å². The smallest absolute Gasteiger partial charge is 0.335 e. The summed E-state index contributed by atoms with van der Waals surface area (Å²) in [7, 11) is 0. The van der Waals surface area contributed by atoms with E-state index in [4.69, 9.17) is 9.84 Å². The van der Waals surface area contributed by atoms with Gasteiger partial charge in [0.05, 0.1) is 11.7 Å². The molecule has 2 rings (SSSR count). The molecule has 0 aliphatic carbocycles. The van der Waals surface area contributed by atoms with Crippen LogP contribution in [-0.2, 0) is 0 Å². The number of fused-ring (bicyclic) bond motifs is 1. The second kappa shape index (κ2) is 7.09. The average molecular weight is 288 g/mol. The van der Waals surface area contributed by atoms with Gasteiger partial charge in [0.2, 0.25) is 0 Å². The predicted octanol–water partition coefficient (Wildman–Crippen LogP) is 3.47. The second-order valence-electron chi connectivity index (χ2n) is 5.10. The van der Waals surface area contributed by atoms with Gasteiger partial charge in [-0.3, -0.25) is 0 Å². The van der Waals surface area contributed by atoms with Crippen molar-refractivity contribution >= 4 is 16.7 Å². The van der Waals surface area contributed by atoms with Gasteiger partial charge < -0.3 is 14.9 Å². The third-order valence-electron chi connectivity index (χ3n) is 3.41. The van der Waals surface area contributed by atoms with Gasteiger partial charge in [0.1, 0.15) is 12.4 Å². The van der Waals surface area contributed by atoms with Crippen LogP contribution in [-0.4, -0.2) is 28.9 Å².